The summed E-state index contributed by atoms with van der Waals surface area (Å²) in [6, 6.07) is 6.32. The molecule has 2 heteroatoms. The largest absolute Gasteiger partial charge is 0.497 e. The summed E-state index contributed by atoms with van der Waals surface area (Å²) in [5, 5.41) is 0. The summed E-state index contributed by atoms with van der Waals surface area (Å²) in [6.07, 6.45) is 11.3. The van der Waals surface area contributed by atoms with E-state index in [0.29, 0.717) is 17.1 Å². The Morgan fingerprint density at radius 2 is 2.07 bits per heavy atom. The standard InChI is InChI=1S/C28H42O2/c1-19(2)8-7-9-21(4)25-14-15-26-24(27(29)16-17-28(25,26)5)13-11-22-18-23(30-6)12-10-20(22)3/h8,10,12,18,21,24-26H,7,9,11,13-17H2,1-6H3/t21-,24+,25-,26?,28-/m1/s1. The SMILES string of the molecule is COc1ccc(C)c(CC[C@@H]2C(=O)CC[C@@]3(C)C2CC[C@@H]3[C@H](C)CCC=C(C)C)c1. The molecule has 0 aromatic heterocycles. The highest BCUT2D eigenvalue weighted by Crippen LogP contribution is 2.59. The van der Waals surface area contributed by atoms with Crippen LogP contribution >= 0.6 is 0 Å². The third-order valence-electron chi connectivity index (χ3n) is 8.43. The van der Waals surface area contributed by atoms with Crippen LogP contribution in [-0.2, 0) is 11.2 Å². The zero-order valence-corrected chi connectivity index (χ0v) is 20.1. The lowest BCUT2D eigenvalue weighted by atomic mass is 9.58. The Morgan fingerprint density at radius 1 is 1.30 bits per heavy atom. The molecule has 30 heavy (non-hydrogen) atoms. The van der Waals surface area contributed by atoms with Gasteiger partial charge >= 0.3 is 0 Å². The van der Waals surface area contributed by atoms with Gasteiger partial charge in [0.1, 0.15) is 11.5 Å². The van der Waals surface area contributed by atoms with Gasteiger partial charge in [-0.1, -0.05) is 31.6 Å². The first-order valence-corrected chi connectivity index (χ1v) is 12.1. The number of carbonyl (C=O) groups is 1. The van der Waals surface area contributed by atoms with E-state index in [-0.39, 0.29) is 5.92 Å². The molecule has 2 aliphatic rings. The Bertz CT molecular complexity index is 773. The van der Waals surface area contributed by atoms with Crippen LogP contribution in [0.5, 0.6) is 5.75 Å². The smallest absolute Gasteiger partial charge is 0.136 e. The summed E-state index contributed by atoms with van der Waals surface area (Å²) in [4.78, 5) is 13.0. The second-order valence-electron chi connectivity index (χ2n) is 10.5. The number of ether oxygens (including phenoxy) is 1. The van der Waals surface area contributed by atoms with E-state index in [4.69, 9.17) is 4.74 Å². The van der Waals surface area contributed by atoms with Crippen LogP contribution in [0.3, 0.4) is 0 Å². The molecule has 1 aromatic rings. The number of ketones is 1. The molecular weight excluding hydrogens is 368 g/mol. The van der Waals surface area contributed by atoms with Crippen LogP contribution in [0.2, 0.25) is 0 Å². The minimum absolute atomic E-state index is 0.240. The number of benzene rings is 1. The highest BCUT2D eigenvalue weighted by atomic mass is 16.5. The van der Waals surface area contributed by atoms with Crippen molar-refractivity contribution in [2.45, 2.75) is 86.0 Å². The van der Waals surface area contributed by atoms with E-state index in [1.54, 1.807) is 7.11 Å². The summed E-state index contributed by atoms with van der Waals surface area (Å²) in [5.74, 6) is 3.76. The van der Waals surface area contributed by atoms with Crippen LogP contribution in [0, 0.1) is 36.0 Å². The fourth-order valence-corrected chi connectivity index (χ4v) is 6.62. The highest BCUT2D eigenvalue weighted by molar-refractivity contribution is 5.82. The number of methoxy groups -OCH3 is 1. The van der Waals surface area contributed by atoms with Gasteiger partial charge in [-0.05, 0) is 112 Å². The topological polar surface area (TPSA) is 26.3 Å². The average molecular weight is 411 g/mol. The van der Waals surface area contributed by atoms with Gasteiger partial charge in [0.2, 0.25) is 0 Å². The molecular formula is C28H42O2. The first-order chi connectivity index (χ1) is 14.3. The normalized spacial score (nSPS) is 29.4. The number of hydrogen-bond acceptors (Lipinski definition) is 2. The number of hydrogen-bond donors (Lipinski definition) is 0. The highest BCUT2D eigenvalue weighted by Gasteiger charge is 2.54. The number of allylic oxidation sites excluding steroid dienone is 2. The van der Waals surface area contributed by atoms with Crippen molar-refractivity contribution in [3.05, 3.63) is 41.0 Å². The Hall–Kier alpha value is -1.57. The number of rotatable bonds is 8. The predicted molar refractivity (Wildman–Crippen MR) is 126 cm³/mol. The summed E-state index contributed by atoms with van der Waals surface area (Å²) in [7, 11) is 1.72. The molecule has 0 aliphatic heterocycles. The number of carbonyl (C=O) groups excluding carboxylic acids is 1. The minimum Gasteiger partial charge on any atom is -0.497 e. The zero-order chi connectivity index (χ0) is 21.9. The first kappa shape index (κ1) is 23.1. The van der Waals surface area contributed by atoms with E-state index < -0.39 is 0 Å². The van der Waals surface area contributed by atoms with Crippen LogP contribution in [-0.4, -0.2) is 12.9 Å². The second kappa shape index (κ2) is 9.71. The summed E-state index contributed by atoms with van der Waals surface area (Å²) >= 11 is 0. The van der Waals surface area contributed by atoms with Crippen molar-refractivity contribution in [3.63, 3.8) is 0 Å². The monoisotopic (exact) mass is 410 g/mol. The van der Waals surface area contributed by atoms with Crippen molar-refractivity contribution in [1.29, 1.82) is 0 Å². The third kappa shape index (κ3) is 4.84. The molecule has 3 rings (SSSR count). The molecule has 0 spiro atoms. The fourth-order valence-electron chi connectivity index (χ4n) is 6.62. The lowest BCUT2D eigenvalue weighted by Crippen LogP contribution is -2.43. The molecule has 0 radical (unpaired) electrons. The van der Waals surface area contributed by atoms with Gasteiger partial charge < -0.3 is 4.74 Å². The minimum atomic E-state index is 0.240. The Balaban J connectivity index is 1.70. The van der Waals surface area contributed by atoms with Crippen molar-refractivity contribution in [1.82, 2.24) is 0 Å². The van der Waals surface area contributed by atoms with Gasteiger partial charge in [-0.2, -0.15) is 0 Å². The van der Waals surface area contributed by atoms with E-state index in [0.717, 1.165) is 43.3 Å². The lowest BCUT2D eigenvalue weighted by molar-refractivity contribution is -0.132. The lowest BCUT2D eigenvalue weighted by Gasteiger charge is -2.46. The maximum absolute atomic E-state index is 13.0. The molecule has 0 saturated heterocycles. The fraction of sp³-hybridized carbons (Fsp3) is 0.679. The van der Waals surface area contributed by atoms with Crippen LogP contribution in [0.15, 0.2) is 29.8 Å². The third-order valence-corrected chi connectivity index (χ3v) is 8.43. The van der Waals surface area contributed by atoms with Gasteiger partial charge in [-0.15, -0.1) is 0 Å². The molecule has 1 unspecified atom stereocenters. The van der Waals surface area contributed by atoms with Crippen LogP contribution < -0.4 is 4.74 Å². The van der Waals surface area contributed by atoms with E-state index in [2.05, 4.69) is 52.8 Å². The summed E-state index contributed by atoms with van der Waals surface area (Å²) < 4.78 is 5.42. The number of aryl methyl sites for hydroxylation is 2. The van der Waals surface area contributed by atoms with Crippen molar-refractivity contribution >= 4 is 5.78 Å². The van der Waals surface area contributed by atoms with Crippen LogP contribution in [0.25, 0.3) is 0 Å². The Kier molecular flexibility index (Phi) is 7.47. The van der Waals surface area contributed by atoms with Crippen molar-refractivity contribution < 1.29 is 9.53 Å². The van der Waals surface area contributed by atoms with E-state index in [9.17, 15) is 4.79 Å². The van der Waals surface area contributed by atoms with Gasteiger partial charge in [0.15, 0.2) is 0 Å². The predicted octanol–water partition coefficient (Wildman–Crippen LogP) is 7.33. The van der Waals surface area contributed by atoms with Gasteiger partial charge in [-0.25, -0.2) is 0 Å². The van der Waals surface area contributed by atoms with Gasteiger partial charge in [0, 0.05) is 12.3 Å². The van der Waals surface area contributed by atoms with Gasteiger partial charge in [0.05, 0.1) is 7.11 Å². The van der Waals surface area contributed by atoms with E-state index >= 15 is 0 Å². The Labute approximate surface area is 184 Å². The van der Waals surface area contributed by atoms with E-state index in [1.807, 2.05) is 6.07 Å². The number of Topliss-reactive ketones (excluding diaryl/α,β-unsaturated/α-hetero) is 1. The average Bonchev–Trinajstić information content (AvgIpc) is 3.05. The molecule has 0 bridgehead atoms. The summed E-state index contributed by atoms with van der Waals surface area (Å²) in [6.45, 7) is 11.5. The van der Waals surface area contributed by atoms with E-state index in [1.165, 1.54) is 42.4 Å². The molecule has 1 aromatic carbocycles. The van der Waals surface area contributed by atoms with Gasteiger partial charge in [-0.3, -0.25) is 4.79 Å². The molecule has 5 atom stereocenters. The van der Waals surface area contributed by atoms with Gasteiger partial charge in [0.25, 0.3) is 0 Å². The molecule has 0 heterocycles. The second-order valence-corrected chi connectivity index (χ2v) is 10.5. The zero-order valence-electron chi connectivity index (χ0n) is 20.1. The molecule has 2 aliphatic carbocycles. The molecule has 0 amide bonds. The van der Waals surface area contributed by atoms with Crippen molar-refractivity contribution in [3.8, 4) is 5.75 Å². The van der Waals surface area contributed by atoms with Crippen molar-refractivity contribution in [2.75, 3.05) is 7.11 Å². The summed E-state index contributed by atoms with van der Waals surface area (Å²) in [5.41, 5.74) is 4.40. The number of fused-ring (bicyclic) bond motifs is 1. The molecule has 2 fully saturated rings. The van der Waals surface area contributed by atoms with Crippen LogP contribution in [0.1, 0.15) is 83.8 Å². The van der Waals surface area contributed by atoms with Crippen LogP contribution in [0.4, 0.5) is 0 Å². The molecule has 166 valence electrons. The molecule has 2 nitrogen and oxygen atoms in total. The maximum atomic E-state index is 13.0. The molecule has 2 saturated carbocycles. The Morgan fingerprint density at radius 3 is 2.77 bits per heavy atom. The maximum Gasteiger partial charge on any atom is 0.136 e. The first-order valence-electron chi connectivity index (χ1n) is 12.1. The van der Waals surface area contributed by atoms with Crippen molar-refractivity contribution in [2.24, 2.45) is 29.1 Å². The quantitative estimate of drug-likeness (QED) is 0.419. The molecule has 0 N–H and O–H groups in total.